The highest BCUT2D eigenvalue weighted by atomic mass is 16.2. The van der Waals surface area contributed by atoms with Crippen molar-refractivity contribution in [2.24, 2.45) is 12.8 Å². The number of amides is 1. The maximum atomic E-state index is 12.3. The lowest BCUT2D eigenvalue weighted by atomic mass is 10.1. The van der Waals surface area contributed by atoms with Crippen LogP contribution in [0.15, 0.2) is 12.3 Å². The van der Waals surface area contributed by atoms with Gasteiger partial charge in [0.1, 0.15) is 5.69 Å². The number of hydrogen-bond acceptors (Lipinski definition) is 3. The number of hydrogen-bond donors (Lipinski definition) is 1. The number of carbonyl (C=O) groups is 1. The molecule has 1 aromatic heterocycles. The van der Waals surface area contributed by atoms with Crippen molar-refractivity contribution in [2.75, 3.05) is 13.1 Å². The van der Waals surface area contributed by atoms with Crippen molar-refractivity contribution in [3.63, 3.8) is 0 Å². The van der Waals surface area contributed by atoms with Crippen molar-refractivity contribution in [3.05, 3.63) is 18.0 Å². The third kappa shape index (κ3) is 2.66. The minimum absolute atomic E-state index is 0.0603. The highest BCUT2D eigenvalue weighted by Gasteiger charge is 2.29. The first-order valence-electron chi connectivity index (χ1n) is 6.23. The van der Waals surface area contributed by atoms with E-state index in [9.17, 15) is 4.79 Å². The third-order valence-electron chi connectivity index (χ3n) is 3.31. The van der Waals surface area contributed by atoms with Gasteiger partial charge in [-0.05, 0) is 38.3 Å². The average molecular weight is 236 g/mol. The lowest BCUT2D eigenvalue weighted by molar-refractivity contribution is 0.0722. The molecule has 0 aromatic carbocycles. The molecule has 0 saturated carbocycles. The van der Waals surface area contributed by atoms with Crippen LogP contribution in [-0.2, 0) is 7.05 Å². The van der Waals surface area contributed by atoms with Crippen LogP contribution in [0.3, 0.4) is 0 Å². The van der Waals surface area contributed by atoms with Crippen LogP contribution >= 0.6 is 0 Å². The van der Waals surface area contributed by atoms with Gasteiger partial charge in [0.15, 0.2) is 0 Å². The summed E-state index contributed by atoms with van der Waals surface area (Å²) < 4.78 is 1.66. The quantitative estimate of drug-likeness (QED) is 0.839. The zero-order chi connectivity index (χ0) is 12.3. The molecule has 1 fully saturated rings. The summed E-state index contributed by atoms with van der Waals surface area (Å²) in [5.74, 6) is 0.0603. The fraction of sp³-hybridized carbons (Fsp3) is 0.667. The Kier molecular flexibility index (Phi) is 3.78. The Bertz CT molecular complexity index is 388. The largest absolute Gasteiger partial charge is 0.334 e. The van der Waals surface area contributed by atoms with Crippen LogP contribution in [0.2, 0.25) is 0 Å². The zero-order valence-corrected chi connectivity index (χ0v) is 10.3. The van der Waals surface area contributed by atoms with E-state index in [-0.39, 0.29) is 5.91 Å². The van der Waals surface area contributed by atoms with E-state index >= 15 is 0 Å². The molecule has 17 heavy (non-hydrogen) atoms. The van der Waals surface area contributed by atoms with E-state index in [0.717, 1.165) is 32.2 Å². The molecule has 5 heteroatoms. The summed E-state index contributed by atoms with van der Waals surface area (Å²) in [5.41, 5.74) is 6.07. The topological polar surface area (TPSA) is 64.2 Å². The van der Waals surface area contributed by atoms with Gasteiger partial charge in [0.2, 0.25) is 0 Å². The van der Waals surface area contributed by atoms with E-state index in [1.54, 1.807) is 16.9 Å². The van der Waals surface area contributed by atoms with Crippen LogP contribution in [0.4, 0.5) is 0 Å². The van der Waals surface area contributed by atoms with E-state index in [1.165, 1.54) is 0 Å². The molecule has 2 rings (SSSR count). The molecule has 2 N–H and O–H groups in total. The summed E-state index contributed by atoms with van der Waals surface area (Å²) in [6.07, 6.45) is 5.98. The molecule has 1 saturated heterocycles. The maximum absolute atomic E-state index is 12.3. The van der Waals surface area contributed by atoms with Crippen molar-refractivity contribution in [2.45, 2.75) is 31.7 Å². The number of carbonyl (C=O) groups excluding carboxylic acids is 1. The van der Waals surface area contributed by atoms with Gasteiger partial charge in [0.25, 0.3) is 5.91 Å². The fourth-order valence-electron chi connectivity index (χ4n) is 2.43. The molecule has 0 spiro atoms. The lowest BCUT2D eigenvalue weighted by Gasteiger charge is -2.23. The molecule has 1 aliphatic rings. The summed E-state index contributed by atoms with van der Waals surface area (Å²) in [6, 6.07) is 2.13. The van der Waals surface area contributed by atoms with Crippen LogP contribution in [0.1, 0.15) is 36.2 Å². The molecule has 1 atom stereocenters. The van der Waals surface area contributed by atoms with Gasteiger partial charge in [0.05, 0.1) is 0 Å². The standard InChI is InChI=1S/C12H20N4O/c1-15-9-6-11(14-15)12(17)16-8-3-5-10(16)4-2-7-13/h6,9-10H,2-5,7-8,13H2,1H3. The first-order chi connectivity index (χ1) is 8.22. The van der Waals surface area contributed by atoms with Crippen LogP contribution in [0.25, 0.3) is 0 Å². The Morgan fingerprint density at radius 2 is 2.47 bits per heavy atom. The van der Waals surface area contributed by atoms with Crippen LogP contribution in [-0.4, -0.2) is 39.7 Å². The molecule has 2 heterocycles. The van der Waals surface area contributed by atoms with Gasteiger partial charge in [0, 0.05) is 25.8 Å². The Balaban J connectivity index is 2.03. The molecule has 94 valence electrons. The zero-order valence-electron chi connectivity index (χ0n) is 10.3. The van der Waals surface area contributed by atoms with E-state index in [1.807, 2.05) is 11.9 Å². The second-order valence-corrected chi connectivity index (χ2v) is 4.60. The molecule has 1 aromatic rings. The SMILES string of the molecule is Cn1ccc(C(=O)N2CCCC2CCCN)n1. The van der Waals surface area contributed by atoms with Crippen LogP contribution in [0, 0.1) is 0 Å². The van der Waals surface area contributed by atoms with Gasteiger partial charge in [-0.3, -0.25) is 9.48 Å². The predicted molar refractivity (Wildman–Crippen MR) is 65.6 cm³/mol. The van der Waals surface area contributed by atoms with Crippen molar-refractivity contribution >= 4 is 5.91 Å². The highest BCUT2D eigenvalue weighted by Crippen LogP contribution is 2.22. The number of rotatable bonds is 4. The minimum atomic E-state index is 0.0603. The Morgan fingerprint density at radius 3 is 3.12 bits per heavy atom. The molecule has 5 nitrogen and oxygen atoms in total. The second kappa shape index (κ2) is 5.31. The summed E-state index contributed by atoms with van der Waals surface area (Å²) in [4.78, 5) is 14.2. The number of nitrogens with two attached hydrogens (primary N) is 1. The van der Waals surface area contributed by atoms with Crippen molar-refractivity contribution in [3.8, 4) is 0 Å². The number of aryl methyl sites for hydroxylation is 1. The molecule has 0 bridgehead atoms. The van der Waals surface area contributed by atoms with Gasteiger partial charge in [-0.1, -0.05) is 0 Å². The van der Waals surface area contributed by atoms with E-state index < -0.39 is 0 Å². The van der Waals surface area contributed by atoms with Crippen LogP contribution < -0.4 is 5.73 Å². The molecule has 0 radical (unpaired) electrons. The molecule has 1 amide bonds. The van der Waals surface area contributed by atoms with Gasteiger partial charge >= 0.3 is 0 Å². The Hall–Kier alpha value is -1.36. The average Bonchev–Trinajstić information content (AvgIpc) is 2.94. The summed E-state index contributed by atoms with van der Waals surface area (Å²) in [7, 11) is 1.83. The monoisotopic (exact) mass is 236 g/mol. The second-order valence-electron chi connectivity index (χ2n) is 4.60. The third-order valence-corrected chi connectivity index (χ3v) is 3.31. The molecular weight excluding hydrogens is 216 g/mol. The van der Waals surface area contributed by atoms with Crippen molar-refractivity contribution < 1.29 is 4.79 Å². The lowest BCUT2D eigenvalue weighted by Crippen LogP contribution is -2.36. The number of nitrogens with zero attached hydrogens (tertiary/aromatic N) is 3. The summed E-state index contributed by atoms with van der Waals surface area (Å²) in [5, 5.41) is 4.17. The molecule has 1 aliphatic heterocycles. The van der Waals surface area contributed by atoms with Crippen molar-refractivity contribution in [1.82, 2.24) is 14.7 Å². The smallest absolute Gasteiger partial charge is 0.274 e. The normalized spacial score (nSPS) is 19.9. The van der Waals surface area contributed by atoms with Gasteiger partial charge in [-0.25, -0.2) is 0 Å². The minimum Gasteiger partial charge on any atom is -0.334 e. The van der Waals surface area contributed by atoms with Gasteiger partial charge < -0.3 is 10.6 Å². The summed E-state index contributed by atoms with van der Waals surface area (Å²) >= 11 is 0. The van der Waals surface area contributed by atoms with E-state index in [0.29, 0.717) is 18.3 Å². The highest BCUT2D eigenvalue weighted by molar-refractivity contribution is 5.92. The molecular formula is C12H20N4O. The van der Waals surface area contributed by atoms with Crippen LogP contribution in [0.5, 0.6) is 0 Å². The van der Waals surface area contributed by atoms with Crippen molar-refractivity contribution in [1.29, 1.82) is 0 Å². The molecule has 1 unspecified atom stereocenters. The first kappa shape index (κ1) is 12.1. The Morgan fingerprint density at radius 1 is 1.65 bits per heavy atom. The predicted octanol–water partition coefficient (Wildman–Crippen LogP) is 0.764. The first-order valence-corrected chi connectivity index (χ1v) is 6.23. The molecule has 0 aliphatic carbocycles. The summed E-state index contributed by atoms with van der Waals surface area (Å²) in [6.45, 7) is 1.55. The fourth-order valence-corrected chi connectivity index (χ4v) is 2.43. The Labute approximate surface area is 102 Å². The van der Waals surface area contributed by atoms with Gasteiger partial charge in [-0.2, -0.15) is 5.10 Å². The van der Waals surface area contributed by atoms with E-state index in [2.05, 4.69) is 5.10 Å². The number of aromatic nitrogens is 2. The maximum Gasteiger partial charge on any atom is 0.274 e. The van der Waals surface area contributed by atoms with E-state index in [4.69, 9.17) is 5.73 Å². The number of likely N-dealkylation sites (tertiary alicyclic amines) is 1. The van der Waals surface area contributed by atoms with Gasteiger partial charge in [-0.15, -0.1) is 0 Å².